The van der Waals surface area contributed by atoms with Crippen LogP contribution < -0.4 is 4.74 Å². The fourth-order valence-corrected chi connectivity index (χ4v) is 4.25. The van der Waals surface area contributed by atoms with Crippen LogP contribution in [-0.4, -0.2) is 55.0 Å². The first-order chi connectivity index (χ1) is 12.1. The summed E-state index contributed by atoms with van der Waals surface area (Å²) in [5, 5.41) is 0. The summed E-state index contributed by atoms with van der Waals surface area (Å²) in [5.41, 5.74) is -0.491. The lowest BCUT2D eigenvalue weighted by atomic mass is 9.95. The third-order valence-corrected chi connectivity index (χ3v) is 5.79. The van der Waals surface area contributed by atoms with Crippen molar-refractivity contribution in [1.82, 2.24) is 9.80 Å². The maximum Gasteiger partial charge on any atom is 0.260 e. The topological polar surface area (TPSA) is 32.8 Å². The zero-order valence-electron chi connectivity index (χ0n) is 14.5. The highest BCUT2D eigenvalue weighted by molar-refractivity contribution is 5.95. The smallest absolute Gasteiger partial charge is 0.260 e. The quantitative estimate of drug-likeness (QED) is 0.837. The highest BCUT2D eigenvalue weighted by atomic mass is 19.1. The summed E-state index contributed by atoms with van der Waals surface area (Å²) in [6.45, 7) is 3.23. The van der Waals surface area contributed by atoms with Crippen LogP contribution in [0.15, 0.2) is 12.1 Å². The van der Waals surface area contributed by atoms with Crippen LogP contribution in [0.2, 0.25) is 0 Å². The second-order valence-corrected chi connectivity index (χ2v) is 7.64. The van der Waals surface area contributed by atoms with Crippen LogP contribution >= 0.6 is 0 Å². The summed E-state index contributed by atoms with van der Waals surface area (Å²) in [7, 11) is 1.31. The number of carbonyl (C=O) groups is 1. The second kappa shape index (κ2) is 6.56. The van der Waals surface area contributed by atoms with E-state index in [0.717, 1.165) is 37.9 Å². The summed E-state index contributed by atoms with van der Waals surface area (Å²) in [5.74, 6) is -1.19. The lowest BCUT2D eigenvalue weighted by Gasteiger charge is -2.36. The molecule has 0 radical (unpaired) electrons. The standard InChI is InChI=1S/C19H24F2N2O2/c1-25-16-7-6-15(20)17(18(16)21)19(24)23-10-13-4-5-14(11-23)22(9-13)8-12-2-3-12/h6-7,12-14H,2-5,8-11H2,1H3/t13-,14-/m0/s1. The Hall–Kier alpha value is -1.69. The van der Waals surface area contributed by atoms with Crippen LogP contribution in [0.25, 0.3) is 0 Å². The predicted octanol–water partition coefficient (Wildman–Crippen LogP) is 2.92. The van der Waals surface area contributed by atoms with Crippen molar-refractivity contribution >= 4 is 5.91 Å². The number of benzene rings is 1. The average molecular weight is 350 g/mol. The van der Waals surface area contributed by atoms with Gasteiger partial charge in [-0.3, -0.25) is 9.69 Å². The first-order valence-electron chi connectivity index (χ1n) is 9.12. The maximum atomic E-state index is 14.5. The number of halogens is 2. The van der Waals surface area contributed by atoms with Gasteiger partial charge in [0.05, 0.1) is 7.11 Å². The van der Waals surface area contributed by atoms with E-state index in [2.05, 4.69) is 4.90 Å². The highest BCUT2D eigenvalue weighted by Gasteiger charge is 2.39. The van der Waals surface area contributed by atoms with Crippen LogP contribution in [0.3, 0.4) is 0 Å². The van der Waals surface area contributed by atoms with Gasteiger partial charge in [0.15, 0.2) is 11.6 Å². The van der Waals surface area contributed by atoms with Gasteiger partial charge in [-0.15, -0.1) is 0 Å². The number of piperidine rings is 1. The third kappa shape index (κ3) is 3.24. The molecule has 0 N–H and O–H groups in total. The van der Waals surface area contributed by atoms with E-state index in [0.29, 0.717) is 25.0 Å². The van der Waals surface area contributed by atoms with Crippen molar-refractivity contribution in [2.45, 2.75) is 31.7 Å². The van der Waals surface area contributed by atoms with Crippen LogP contribution in [0.4, 0.5) is 8.78 Å². The van der Waals surface area contributed by atoms with Gasteiger partial charge in [0.1, 0.15) is 11.4 Å². The van der Waals surface area contributed by atoms with Gasteiger partial charge in [0.2, 0.25) is 0 Å². The van der Waals surface area contributed by atoms with Gasteiger partial charge in [0, 0.05) is 32.2 Å². The average Bonchev–Trinajstić information content (AvgIpc) is 3.42. The Bertz CT molecular complexity index is 678. The molecule has 4 aliphatic rings. The number of amides is 1. The van der Waals surface area contributed by atoms with Crippen LogP contribution in [0.1, 0.15) is 36.0 Å². The van der Waals surface area contributed by atoms with E-state index in [9.17, 15) is 13.6 Å². The number of nitrogens with zero attached hydrogens (tertiary/aromatic N) is 2. The van der Waals surface area contributed by atoms with Gasteiger partial charge in [-0.1, -0.05) is 0 Å². The molecule has 2 bridgehead atoms. The molecule has 3 aliphatic heterocycles. The Morgan fingerprint density at radius 1 is 1.16 bits per heavy atom. The fourth-order valence-electron chi connectivity index (χ4n) is 4.25. The summed E-state index contributed by atoms with van der Waals surface area (Å²) < 4.78 is 33.6. The fraction of sp³-hybridized carbons (Fsp3) is 0.632. The molecule has 1 aliphatic carbocycles. The van der Waals surface area contributed by atoms with E-state index >= 15 is 0 Å². The Kier molecular flexibility index (Phi) is 4.40. The number of ether oxygens (including phenoxy) is 1. The maximum absolute atomic E-state index is 14.5. The van der Waals surface area contributed by atoms with Gasteiger partial charge in [-0.25, -0.2) is 8.78 Å². The molecule has 3 saturated heterocycles. The zero-order chi connectivity index (χ0) is 17.6. The van der Waals surface area contributed by atoms with Crippen molar-refractivity contribution in [3.05, 3.63) is 29.3 Å². The number of methoxy groups -OCH3 is 1. The SMILES string of the molecule is COc1ccc(F)c(C(=O)N2C[C@H]3CC[C@@H](C2)N(CC2CC2)C3)c1F. The molecule has 0 aromatic heterocycles. The van der Waals surface area contributed by atoms with Crippen LogP contribution in [-0.2, 0) is 0 Å². The second-order valence-electron chi connectivity index (χ2n) is 7.64. The molecule has 1 aromatic rings. The van der Waals surface area contributed by atoms with Crippen LogP contribution in [0.5, 0.6) is 5.75 Å². The number of hydrogen-bond acceptors (Lipinski definition) is 3. The molecule has 3 heterocycles. The van der Waals surface area contributed by atoms with E-state index in [-0.39, 0.29) is 5.75 Å². The van der Waals surface area contributed by atoms with Crippen molar-refractivity contribution in [3.8, 4) is 5.75 Å². The van der Waals surface area contributed by atoms with Crippen molar-refractivity contribution in [3.63, 3.8) is 0 Å². The zero-order valence-corrected chi connectivity index (χ0v) is 14.5. The molecule has 4 fully saturated rings. The third-order valence-electron chi connectivity index (χ3n) is 5.79. The minimum atomic E-state index is -0.904. The van der Waals surface area contributed by atoms with E-state index in [1.165, 1.54) is 26.0 Å². The Morgan fingerprint density at radius 2 is 1.96 bits per heavy atom. The Labute approximate surface area is 146 Å². The molecule has 1 saturated carbocycles. The summed E-state index contributed by atoms with van der Waals surface area (Å²) in [6, 6.07) is 2.62. The Balaban J connectivity index is 1.57. The molecule has 1 amide bonds. The molecule has 1 aromatic carbocycles. The highest BCUT2D eigenvalue weighted by Crippen LogP contribution is 2.35. The minimum Gasteiger partial charge on any atom is -0.494 e. The number of carbonyl (C=O) groups excluding carboxylic acids is 1. The molecule has 0 spiro atoms. The lowest BCUT2D eigenvalue weighted by molar-refractivity contribution is 0.0726. The monoisotopic (exact) mass is 350 g/mol. The van der Waals surface area contributed by atoms with Crippen molar-refractivity contribution < 1.29 is 18.3 Å². The van der Waals surface area contributed by atoms with Crippen molar-refractivity contribution in [1.29, 1.82) is 0 Å². The summed E-state index contributed by atoms with van der Waals surface area (Å²) >= 11 is 0. The van der Waals surface area contributed by atoms with Gasteiger partial charge in [-0.05, 0) is 49.7 Å². The van der Waals surface area contributed by atoms with Crippen molar-refractivity contribution in [2.75, 3.05) is 33.3 Å². The molecule has 4 nitrogen and oxygen atoms in total. The molecule has 2 atom stereocenters. The summed E-state index contributed by atoms with van der Waals surface area (Å²) in [6.07, 6.45) is 4.75. The molecule has 6 heteroatoms. The molecule has 136 valence electrons. The normalized spacial score (nSPS) is 26.6. The first kappa shape index (κ1) is 16.8. The van der Waals surface area contributed by atoms with Gasteiger partial charge in [0.25, 0.3) is 5.91 Å². The lowest BCUT2D eigenvalue weighted by Crippen LogP contribution is -2.45. The van der Waals surface area contributed by atoms with Crippen LogP contribution in [0, 0.1) is 23.5 Å². The summed E-state index contributed by atoms with van der Waals surface area (Å²) in [4.78, 5) is 17.0. The van der Waals surface area contributed by atoms with E-state index in [4.69, 9.17) is 4.74 Å². The molecule has 5 rings (SSSR count). The predicted molar refractivity (Wildman–Crippen MR) is 89.6 cm³/mol. The Morgan fingerprint density at radius 3 is 2.68 bits per heavy atom. The molecule has 0 unspecified atom stereocenters. The van der Waals surface area contributed by atoms with E-state index in [1.807, 2.05) is 0 Å². The van der Waals surface area contributed by atoms with Gasteiger partial charge >= 0.3 is 0 Å². The van der Waals surface area contributed by atoms with E-state index < -0.39 is 23.1 Å². The van der Waals surface area contributed by atoms with Crippen molar-refractivity contribution in [2.24, 2.45) is 11.8 Å². The first-order valence-corrected chi connectivity index (χ1v) is 9.12. The molecule has 25 heavy (non-hydrogen) atoms. The van der Waals surface area contributed by atoms with Gasteiger partial charge < -0.3 is 9.64 Å². The largest absolute Gasteiger partial charge is 0.494 e. The van der Waals surface area contributed by atoms with E-state index in [1.54, 1.807) is 4.90 Å². The minimum absolute atomic E-state index is 0.0992. The number of fused-ring (bicyclic) bond motifs is 4. The molecular weight excluding hydrogens is 326 g/mol. The number of hydrogen-bond donors (Lipinski definition) is 0. The van der Waals surface area contributed by atoms with Gasteiger partial charge in [-0.2, -0.15) is 0 Å². The molecular formula is C19H24F2N2O2. The number of rotatable bonds is 4.